The van der Waals surface area contributed by atoms with Gasteiger partial charge in [0.1, 0.15) is 0 Å². The third-order valence-corrected chi connectivity index (χ3v) is 30.3. The van der Waals surface area contributed by atoms with Crippen molar-refractivity contribution in [1.82, 2.24) is 0 Å². The van der Waals surface area contributed by atoms with E-state index in [4.69, 9.17) is 0 Å². The topological polar surface area (TPSA) is 0 Å². The van der Waals surface area contributed by atoms with E-state index in [9.17, 15) is 0 Å². The fourth-order valence-corrected chi connectivity index (χ4v) is 38.2. The number of rotatable bonds is 0. The Morgan fingerprint density at radius 1 is 0.154 bits per heavy atom. The van der Waals surface area contributed by atoms with Crippen LogP contribution in [0.25, 0.3) is 0 Å². The molecule has 0 aliphatic carbocycles. The van der Waals surface area contributed by atoms with Gasteiger partial charge in [-0.1, -0.05) is 0 Å². The maximum absolute atomic E-state index is 4.36. The van der Waals surface area contributed by atoms with Gasteiger partial charge in [0.2, 0.25) is 0 Å². The van der Waals surface area contributed by atoms with Gasteiger partial charge in [0.15, 0.2) is 0 Å². The van der Waals surface area contributed by atoms with E-state index in [1.807, 2.05) is 0 Å². The molecule has 0 N–H and O–H groups in total. The van der Waals surface area contributed by atoms with Gasteiger partial charge in [-0.25, -0.2) is 0 Å². The summed E-state index contributed by atoms with van der Waals surface area (Å²) in [6.07, 6.45) is 0. The van der Waals surface area contributed by atoms with Crippen LogP contribution in [0.3, 0.4) is 0 Å². The Morgan fingerprint density at radius 2 is 0.262 bits per heavy atom. The molecule has 0 unspecified atom stereocenters. The molecule has 0 heterocycles. The first-order valence-corrected chi connectivity index (χ1v) is 65.2. The first-order valence-electron chi connectivity index (χ1n) is 23.0. The zero-order valence-electron chi connectivity index (χ0n) is 46.5. The van der Waals surface area contributed by atoms with E-state index in [1.54, 1.807) is 0 Å². The second-order valence-electron chi connectivity index (χ2n) is 26.2. The maximum atomic E-state index is 3.93. The molecular formula is C52H84GeSi12. The average molecular weight is 1120 g/mol. The summed E-state index contributed by atoms with van der Waals surface area (Å²) < 4.78 is 15.7. The van der Waals surface area contributed by atoms with Crippen LogP contribution in [0.2, 0.25) is 183 Å². The molecule has 0 bridgehead atoms. The molecule has 0 aliphatic heterocycles. The van der Waals surface area contributed by atoms with Gasteiger partial charge in [0.05, 0.1) is 0 Å². The van der Waals surface area contributed by atoms with E-state index in [-0.39, 0.29) is 0 Å². The summed E-state index contributed by atoms with van der Waals surface area (Å²) in [6, 6.07) is 0. The van der Waals surface area contributed by atoms with Gasteiger partial charge in [0.25, 0.3) is 0 Å². The third-order valence-electron chi connectivity index (χ3n) is 7.50. The molecule has 13 heteroatoms. The molecule has 0 aromatic carbocycles. The van der Waals surface area contributed by atoms with E-state index in [0.29, 0.717) is 0 Å². The van der Waals surface area contributed by atoms with Crippen molar-refractivity contribution < 1.29 is 0 Å². The second-order valence-corrected chi connectivity index (χ2v) is 81.5. The van der Waals surface area contributed by atoms with Crippen molar-refractivity contribution in [2.24, 2.45) is 0 Å². The Morgan fingerprint density at radius 3 is 0.354 bits per heavy atom. The Kier molecular flexibility index (Phi) is 22.2. The van der Waals surface area contributed by atoms with Crippen LogP contribution >= 0.6 is 0 Å². The van der Waals surface area contributed by atoms with Crippen LogP contribution in [0.1, 0.15) is 0 Å². The predicted molar refractivity (Wildman–Crippen MR) is 332 cm³/mol. The Labute approximate surface area is 419 Å². The van der Waals surface area contributed by atoms with Gasteiger partial charge in [-0.15, -0.1) is 0 Å². The summed E-state index contributed by atoms with van der Waals surface area (Å²) in [4.78, 5) is 0. The van der Waals surface area contributed by atoms with Crippen molar-refractivity contribution in [3.63, 3.8) is 0 Å². The van der Waals surface area contributed by atoms with Gasteiger partial charge < -0.3 is 0 Å². The molecule has 65 heavy (non-hydrogen) atoms. The van der Waals surface area contributed by atoms with Crippen molar-refractivity contribution >= 4 is 110 Å². The summed E-state index contributed by atoms with van der Waals surface area (Å²) in [7, 11) is -25.3. The van der Waals surface area contributed by atoms with Crippen molar-refractivity contribution in [1.29, 1.82) is 0 Å². The predicted octanol–water partition coefficient (Wildman–Crippen LogP) is 11.4. The van der Waals surface area contributed by atoms with E-state index < -0.39 is 110 Å². The van der Waals surface area contributed by atoms with Crippen LogP contribution in [0.15, 0.2) is 0 Å². The molecule has 344 valence electrons. The van der Waals surface area contributed by atoms with E-state index >= 15 is 0 Å². The zero-order valence-corrected chi connectivity index (χ0v) is 60.6. The molecule has 0 saturated heterocycles. The molecule has 0 radical (unpaired) electrons. The molecular weight excluding hydrogens is 1030 g/mol. The van der Waals surface area contributed by atoms with Gasteiger partial charge in [-0.2, -0.15) is 0 Å². The minimum atomic E-state index is -4.36. The van der Waals surface area contributed by atoms with Crippen molar-refractivity contribution in [3.8, 4) is 130 Å². The first kappa shape index (κ1) is 62.9. The molecule has 0 rings (SSSR count). The van der Waals surface area contributed by atoms with Crippen LogP contribution in [-0.2, 0) is 0 Å². The van der Waals surface area contributed by atoms with Crippen molar-refractivity contribution in [2.45, 2.75) is 183 Å². The average Bonchev–Trinajstić information content (AvgIpc) is 3.09. The van der Waals surface area contributed by atoms with Crippen LogP contribution in [-0.4, -0.2) is 110 Å². The Balaban J connectivity index is 10.1. The van der Waals surface area contributed by atoms with E-state index in [0.717, 1.165) is 0 Å². The van der Waals surface area contributed by atoms with Gasteiger partial charge in [0, 0.05) is 0 Å². The van der Waals surface area contributed by atoms with E-state index in [2.05, 4.69) is 313 Å². The summed E-state index contributed by atoms with van der Waals surface area (Å²) in [5, 5.41) is 0. The summed E-state index contributed by atoms with van der Waals surface area (Å²) in [6.45, 7) is 63.8. The quantitative estimate of drug-likeness (QED) is 0.168. The van der Waals surface area contributed by atoms with E-state index in [1.165, 1.54) is 0 Å². The molecule has 0 aliphatic rings. The van der Waals surface area contributed by atoms with Crippen molar-refractivity contribution in [2.75, 3.05) is 0 Å². The van der Waals surface area contributed by atoms with Crippen LogP contribution < -0.4 is 0 Å². The molecule has 0 fully saturated rings. The standard InChI is InChI=1S/C52H84GeSi12/c1-54(2,3)37-45-62(25,46-38-55(4,5)6)33-29-53(30-34-63(26,47-39-56(7,8)9)48-40-57(10,11)12,31-35-64(27,49-41-58(13,14)15)50-42-59(16,17)18)32-36-65(28,51-43-60(19,20)21)52-44-61(22,23)24/h1-28H3. The molecule has 0 spiro atoms. The Bertz CT molecular complexity index is 2100. The SMILES string of the molecule is C[Si](C)(C)C#C[Si](C)(C#C[Si](C)(C)C)C#[C][Ge]([C]#C[Si](C)(C#C[Si](C)(C)C)C#C[Si](C)(C)C)([C]#C[Si](C)(C#C[Si](C)(C)C)C#C[Si](C)(C)C)[C]#C[Si](C)(C#C[Si](C)(C)C)C#C[Si](C)(C)C. The minimum absolute atomic E-state index is 1.76. The fraction of sp³-hybridized carbons (Fsp3) is 0.538. The number of hydrogen-bond donors (Lipinski definition) is 0. The van der Waals surface area contributed by atoms with Crippen LogP contribution in [0.5, 0.6) is 0 Å². The molecule has 0 saturated carbocycles. The molecule has 0 aromatic rings. The van der Waals surface area contributed by atoms with Crippen molar-refractivity contribution in [3.05, 3.63) is 0 Å². The second kappa shape index (κ2) is 23.0. The Hall–Kier alpha value is -2.13. The van der Waals surface area contributed by atoms with Crippen LogP contribution in [0.4, 0.5) is 0 Å². The van der Waals surface area contributed by atoms with Gasteiger partial charge >= 0.3 is 423 Å². The zero-order chi connectivity index (χ0) is 51.5. The van der Waals surface area contributed by atoms with Gasteiger partial charge in [-0.3, -0.25) is 0 Å². The normalized spacial score (nSPS) is 12.4. The van der Waals surface area contributed by atoms with Gasteiger partial charge in [-0.05, 0) is 0 Å². The molecule has 0 atom stereocenters. The fourth-order valence-electron chi connectivity index (χ4n) is 3.94. The summed E-state index contributed by atoms with van der Waals surface area (Å²) in [5.74, 6) is 0. The molecule has 0 aromatic heterocycles. The monoisotopic (exact) mass is 1120 g/mol. The molecule has 0 nitrogen and oxygen atoms in total. The summed E-state index contributed by atoms with van der Waals surface area (Å²) in [5.41, 5.74) is 75.0. The van der Waals surface area contributed by atoms with Crippen LogP contribution in [0, 0.1) is 130 Å². The first-order chi connectivity index (χ1) is 28.5. The molecule has 0 amide bonds. The third kappa shape index (κ3) is 33.1. The summed E-state index contributed by atoms with van der Waals surface area (Å²) >= 11 is -4.36. The number of hydrogen-bond acceptors (Lipinski definition) is 0.